The van der Waals surface area contributed by atoms with E-state index < -0.39 is 11.5 Å². The molecule has 7 heteroatoms. The van der Waals surface area contributed by atoms with Crippen molar-refractivity contribution in [3.8, 4) is 0 Å². The van der Waals surface area contributed by atoms with Crippen LogP contribution in [0, 0.1) is 6.92 Å². The molecular weight excluding hydrogens is 290 g/mol. The molecule has 0 atom stereocenters. The van der Waals surface area contributed by atoms with E-state index >= 15 is 0 Å². The van der Waals surface area contributed by atoms with Crippen molar-refractivity contribution in [2.45, 2.75) is 46.2 Å². The molecule has 0 spiro atoms. The SMILES string of the molecule is Cc1ncsc1CN(C)C(=O)N(CCC(=O)O)C(C)(C)C. The lowest BCUT2D eigenvalue weighted by molar-refractivity contribution is -0.137. The van der Waals surface area contributed by atoms with Crippen LogP contribution < -0.4 is 0 Å². The first-order valence-corrected chi connectivity index (χ1v) is 7.64. The molecule has 0 aliphatic carbocycles. The van der Waals surface area contributed by atoms with E-state index in [1.54, 1.807) is 22.4 Å². The molecule has 1 heterocycles. The first kappa shape index (κ1) is 17.4. The number of carbonyl (C=O) groups excluding carboxylic acids is 1. The smallest absolute Gasteiger partial charge is 0.320 e. The molecule has 0 fully saturated rings. The number of aryl methyl sites for hydroxylation is 1. The molecule has 21 heavy (non-hydrogen) atoms. The topological polar surface area (TPSA) is 73.7 Å². The van der Waals surface area contributed by atoms with E-state index in [2.05, 4.69) is 4.98 Å². The number of hydrogen-bond acceptors (Lipinski definition) is 4. The summed E-state index contributed by atoms with van der Waals surface area (Å²) in [6, 6.07) is -0.170. The lowest BCUT2D eigenvalue weighted by Crippen LogP contribution is -2.51. The molecule has 0 unspecified atom stereocenters. The second-order valence-corrected chi connectivity index (χ2v) is 6.91. The van der Waals surface area contributed by atoms with E-state index in [4.69, 9.17) is 5.11 Å². The summed E-state index contributed by atoms with van der Waals surface area (Å²) in [4.78, 5) is 31.8. The fraction of sp³-hybridized carbons (Fsp3) is 0.643. The fourth-order valence-electron chi connectivity index (χ4n) is 1.89. The highest BCUT2D eigenvalue weighted by atomic mass is 32.1. The summed E-state index contributed by atoms with van der Waals surface area (Å²) in [7, 11) is 1.72. The van der Waals surface area contributed by atoms with Gasteiger partial charge < -0.3 is 14.9 Å². The molecule has 0 saturated carbocycles. The van der Waals surface area contributed by atoms with Crippen molar-refractivity contribution < 1.29 is 14.7 Å². The number of urea groups is 1. The molecule has 1 rings (SSSR count). The van der Waals surface area contributed by atoms with Crippen molar-refractivity contribution in [2.75, 3.05) is 13.6 Å². The number of hydrogen-bond donors (Lipinski definition) is 1. The van der Waals surface area contributed by atoms with Crippen molar-refractivity contribution in [1.82, 2.24) is 14.8 Å². The third kappa shape index (κ3) is 5.00. The summed E-state index contributed by atoms with van der Waals surface area (Å²) in [6.07, 6.45) is -0.0591. The Morgan fingerprint density at radius 2 is 2.00 bits per heavy atom. The van der Waals surface area contributed by atoms with E-state index in [9.17, 15) is 9.59 Å². The van der Waals surface area contributed by atoms with Crippen LogP contribution in [0.1, 0.15) is 37.8 Å². The van der Waals surface area contributed by atoms with Crippen LogP contribution in [0.15, 0.2) is 5.51 Å². The molecule has 0 bridgehead atoms. The molecule has 1 aromatic heterocycles. The van der Waals surface area contributed by atoms with Crippen LogP contribution in [0.3, 0.4) is 0 Å². The number of carbonyl (C=O) groups is 2. The van der Waals surface area contributed by atoms with Crippen molar-refractivity contribution >= 4 is 23.3 Å². The molecule has 0 aromatic carbocycles. The number of carboxylic acids is 1. The molecule has 1 N–H and O–H groups in total. The first-order chi connectivity index (χ1) is 9.62. The molecule has 6 nitrogen and oxygen atoms in total. The van der Waals surface area contributed by atoms with Crippen molar-refractivity contribution in [3.63, 3.8) is 0 Å². The van der Waals surface area contributed by atoms with Crippen LogP contribution in [-0.4, -0.2) is 51.0 Å². The van der Waals surface area contributed by atoms with Crippen LogP contribution in [0.2, 0.25) is 0 Å². The summed E-state index contributed by atoms with van der Waals surface area (Å²) in [5.74, 6) is -0.905. The Kier molecular flexibility index (Phi) is 5.71. The van der Waals surface area contributed by atoms with Gasteiger partial charge in [0.2, 0.25) is 0 Å². The number of carboxylic acid groups (broad SMARTS) is 1. The summed E-state index contributed by atoms with van der Waals surface area (Å²) >= 11 is 1.52. The molecular formula is C14H23N3O3S. The van der Waals surface area contributed by atoms with Gasteiger partial charge in [-0.15, -0.1) is 11.3 Å². The molecule has 2 amide bonds. The first-order valence-electron chi connectivity index (χ1n) is 6.76. The van der Waals surface area contributed by atoms with E-state index in [0.29, 0.717) is 6.54 Å². The summed E-state index contributed by atoms with van der Waals surface area (Å²) in [5.41, 5.74) is 2.26. The van der Waals surface area contributed by atoms with Gasteiger partial charge in [0.15, 0.2) is 0 Å². The van der Waals surface area contributed by atoms with Crippen molar-refractivity contribution in [2.24, 2.45) is 0 Å². The molecule has 0 radical (unpaired) electrons. The van der Waals surface area contributed by atoms with Gasteiger partial charge >= 0.3 is 12.0 Å². The average Bonchev–Trinajstić information content (AvgIpc) is 2.72. The molecule has 0 saturated heterocycles. The van der Waals surface area contributed by atoms with Gasteiger partial charge in [0.05, 0.1) is 24.2 Å². The van der Waals surface area contributed by atoms with Crippen molar-refractivity contribution in [3.05, 3.63) is 16.1 Å². The van der Waals surface area contributed by atoms with Gasteiger partial charge in [-0.05, 0) is 27.7 Å². The van der Waals surface area contributed by atoms with Gasteiger partial charge in [-0.2, -0.15) is 0 Å². The average molecular weight is 313 g/mol. The van der Waals surface area contributed by atoms with Crippen LogP contribution in [0.4, 0.5) is 4.79 Å². The molecule has 0 aliphatic heterocycles. The largest absolute Gasteiger partial charge is 0.481 e. The second kappa shape index (κ2) is 6.89. The van der Waals surface area contributed by atoms with E-state index in [0.717, 1.165) is 10.6 Å². The second-order valence-electron chi connectivity index (χ2n) is 5.97. The van der Waals surface area contributed by atoms with Gasteiger partial charge in [-0.25, -0.2) is 9.78 Å². The van der Waals surface area contributed by atoms with Crippen LogP contribution in [0.25, 0.3) is 0 Å². The van der Waals surface area contributed by atoms with Gasteiger partial charge in [0, 0.05) is 24.0 Å². The Morgan fingerprint density at radius 1 is 1.38 bits per heavy atom. The lowest BCUT2D eigenvalue weighted by Gasteiger charge is -2.38. The standard InChI is InChI=1S/C14H23N3O3S/c1-10-11(21-9-15-10)8-16(5)13(20)17(14(2,3)4)7-6-12(18)19/h9H,6-8H2,1-5H3,(H,18,19). The summed E-state index contributed by atoms with van der Waals surface area (Å²) < 4.78 is 0. The predicted molar refractivity (Wildman–Crippen MR) is 82.4 cm³/mol. The predicted octanol–water partition coefficient (Wildman–Crippen LogP) is 2.58. The highest BCUT2D eigenvalue weighted by molar-refractivity contribution is 7.09. The zero-order valence-corrected chi connectivity index (χ0v) is 14.0. The minimum Gasteiger partial charge on any atom is -0.481 e. The lowest BCUT2D eigenvalue weighted by atomic mass is 10.1. The monoisotopic (exact) mass is 313 g/mol. The van der Waals surface area contributed by atoms with Crippen LogP contribution in [0.5, 0.6) is 0 Å². The maximum Gasteiger partial charge on any atom is 0.320 e. The normalized spacial score (nSPS) is 11.3. The third-order valence-electron chi connectivity index (χ3n) is 3.14. The fourth-order valence-corrected chi connectivity index (χ4v) is 2.72. The maximum atomic E-state index is 12.6. The third-order valence-corrected chi connectivity index (χ3v) is 4.06. The van der Waals surface area contributed by atoms with Gasteiger partial charge in [-0.3, -0.25) is 4.79 Å². The number of amides is 2. The van der Waals surface area contributed by atoms with E-state index in [-0.39, 0.29) is 19.0 Å². The Bertz CT molecular complexity index is 508. The maximum absolute atomic E-state index is 12.6. The van der Waals surface area contributed by atoms with Crippen LogP contribution >= 0.6 is 11.3 Å². The Labute approximate surface area is 129 Å². The van der Waals surface area contributed by atoms with Crippen molar-refractivity contribution in [1.29, 1.82) is 0 Å². The number of thiazole rings is 1. The zero-order valence-electron chi connectivity index (χ0n) is 13.2. The minimum absolute atomic E-state index is 0.0591. The Hall–Kier alpha value is -1.63. The Morgan fingerprint density at radius 3 is 2.43 bits per heavy atom. The molecule has 1 aromatic rings. The molecule has 118 valence electrons. The van der Waals surface area contributed by atoms with Gasteiger partial charge in [0.25, 0.3) is 0 Å². The highest BCUT2D eigenvalue weighted by Gasteiger charge is 2.29. The van der Waals surface area contributed by atoms with E-state index in [1.165, 1.54) is 11.3 Å². The van der Waals surface area contributed by atoms with Crippen LogP contribution in [-0.2, 0) is 11.3 Å². The zero-order chi connectivity index (χ0) is 16.2. The summed E-state index contributed by atoms with van der Waals surface area (Å²) in [5, 5.41) is 8.83. The highest BCUT2D eigenvalue weighted by Crippen LogP contribution is 2.19. The number of aliphatic carboxylic acids is 1. The van der Waals surface area contributed by atoms with E-state index in [1.807, 2.05) is 27.7 Å². The number of rotatable bonds is 5. The minimum atomic E-state index is -0.905. The molecule has 0 aliphatic rings. The number of aromatic nitrogens is 1. The van der Waals surface area contributed by atoms with Gasteiger partial charge in [-0.1, -0.05) is 0 Å². The quantitative estimate of drug-likeness (QED) is 0.906. The van der Waals surface area contributed by atoms with Gasteiger partial charge in [0.1, 0.15) is 0 Å². The summed E-state index contributed by atoms with van der Waals surface area (Å²) in [6.45, 7) is 8.30. The number of nitrogens with zero attached hydrogens (tertiary/aromatic N) is 3. The Balaban J connectivity index is 2.79.